The predicted octanol–water partition coefficient (Wildman–Crippen LogP) is 3.35. The van der Waals surface area contributed by atoms with E-state index in [0.717, 1.165) is 5.56 Å². The smallest absolute Gasteiger partial charge is 0.370 e. The van der Waals surface area contributed by atoms with Gasteiger partial charge in [-0.1, -0.05) is 19.4 Å². The van der Waals surface area contributed by atoms with Crippen LogP contribution in [0.4, 0.5) is 0 Å². The molecule has 0 bridgehead atoms. The quantitative estimate of drug-likeness (QED) is 0.492. The SMILES string of the molecule is [CH2-]c1[c-]c(C)c(C)c(C)c1C.[CH3-].[U+2].[Y]. The first-order chi connectivity index (χ1) is 5.04. The van der Waals surface area contributed by atoms with Crippen molar-refractivity contribution in [1.82, 2.24) is 0 Å². The minimum absolute atomic E-state index is 0. The summed E-state index contributed by atoms with van der Waals surface area (Å²) >= 11 is 0. The molecule has 2 heteroatoms. The molecule has 0 atom stereocenters. The van der Waals surface area contributed by atoms with Crippen LogP contribution in [0.5, 0.6) is 0 Å². The van der Waals surface area contributed by atoms with Crippen molar-refractivity contribution >= 4 is 0 Å². The molecule has 0 fully saturated rings. The summed E-state index contributed by atoms with van der Waals surface area (Å²) in [7, 11) is 0. The Hall–Kier alpha value is 1.25. The number of hydrogen-bond acceptors (Lipinski definition) is 0. The topological polar surface area (TPSA) is 0 Å². The second-order valence-corrected chi connectivity index (χ2v) is 3.10. The van der Waals surface area contributed by atoms with E-state index < -0.39 is 0 Å². The van der Waals surface area contributed by atoms with Crippen LogP contribution in [0, 0.1) is 79.2 Å². The fourth-order valence-electron chi connectivity index (χ4n) is 1.20. The first kappa shape index (κ1) is 20.6. The van der Waals surface area contributed by atoms with Crippen molar-refractivity contribution < 1.29 is 63.8 Å². The zero-order chi connectivity index (χ0) is 8.59. The van der Waals surface area contributed by atoms with Gasteiger partial charge in [0.05, 0.1) is 0 Å². The third-order valence-corrected chi connectivity index (χ3v) is 2.48. The van der Waals surface area contributed by atoms with Gasteiger partial charge in [0.2, 0.25) is 0 Å². The van der Waals surface area contributed by atoms with Crippen molar-refractivity contribution in [2.75, 3.05) is 0 Å². The van der Waals surface area contributed by atoms with E-state index in [1.807, 2.05) is 0 Å². The molecule has 1 aromatic carbocycles. The Morgan fingerprint density at radius 1 is 0.929 bits per heavy atom. The van der Waals surface area contributed by atoms with E-state index in [2.05, 4.69) is 40.7 Å². The van der Waals surface area contributed by atoms with Gasteiger partial charge in [-0.05, 0) is 6.92 Å². The summed E-state index contributed by atoms with van der Waals surface area (Å²) < 4.78 is 0. The van der Waals surface area contributed by atoms with Crippen LogP contribution in [-0.2, 0) is 32.7 Å². The fourth-order valence-corrected chi connectivity index (χ4v) is 1.20. The molecule has 1 aromatic rings. The van der Waals surface area contributed by atoms with Crippen molar-refractivity contribution in [1.29, 1.82) is 0 Å². The molecule has 0 amide bonds. The van der Waals surface area contributed by atoms with Crippen LogP contribution in [0.25, 0.3) is 0 Å². The van der Waals surface area contributed by atoms with Crippen LogP contribution in [0.15, 0.2) is 0 Å². The van der Waals surface area contributed by atoms with E-state index in [1.54, 1.807) is 0 Å². The normalized spacial score (nSPS) is 8.00. The van der Waals surface area contributed by atoms with Crippen LogP contribution in [0.2, 0.25) is 0 Å². The van der Waals surface area contributed by atoms with Crippen molar-refractivity contribution in [3.8, 4) is 0 Å². The summed E-state index contributed by atoms with van der Waals surface area (Å²) in [5, 5.41) is 0. The number of hydrogen-bond donors (Lipinski definition) is 0. The molecule has 0 aliphatic carbocycles. The van der Waals surface area contributed by atoms with E-state index in [-0.39, 0.29) is 71.2 Å². The Bertz CT molecular complexity index is 267. The van der Waals surface area contributed by atoms with Crippen molar-refractivity contribution in [2.24, 2.45) is 0 Å². The van der Waals surface area contributed by atoms with Gasteiger partial charge in [0.25, 0.3) is 0 Å². The fraction of sp³-hybridized carbons (Fsp3) is 0.333. The molecule has 0 aliphatic heterocycles. The Balaban J connectivity index is -0.000000403. The molecule has 0 aliphatic rings. The van der Waals surface area contributed by atoms with Crippen LogP contribution >= 0.6 is 0 Å². The molecule has 0 spiro atoms. The van der Waals surface area contributed by atoms with E-state index in [4.69, 9.17) is 0 Å². The van der Waals surface area contributed by atoms with Gasteiger partial charge in [0, 0.05) is 32.7 Å². The maximum absolute atomic E-state index is 3.93. The Kier molecular flexibility index (Phi) is 12.4. The third kappa shape index (κ3) is 4.40. The van der Waals surface area contributed by atoms with Gasteiger partial charge in [-0.3, -0.25) is 5.56 Å². The standard InChI is InChI=1S/C11H14.CH3.U.Y/c1-7-6-8(2)10(4)11(5)9(7)3;;;/h1H2,2-5H3;1H3;;/q-2;-1;+2;. The van der Waals surface area contributed by atoms with Crippen LogP contribution in [0.1, 0.15) is 27.8 Å². The molecule has 0 unspecified atom stereocenters. The second kappa shape index (κ2) is 8.40. The monoisotopic (exact) mass is 488 g/mol. The molecule has 14 heavy (non-hydrogen) atoms. The maximum atomic E-state index is 3.93. The Morgan fingerprint density at radius 3 is 1.79 bits per heavy atom. The van der Waals surface area contributed by atoms with Gasteiger partial charge < -0.3 is 26.0 Å². The minimum Gasteiger partial charge on any atom is -0.370 e. The average Bonchev–Trinajstić information content (AvgIpc) is 1.97. The molecule has 0 heterocycles. The van der Waals surface area contributed by atoms with Gasteiger partial charge in [0.15, 0.2) is 0 Å². The first-order valence-electron chi connectivity index (χ1n) is 3.85. The molecule has 0 saturated heterocycles. The van der Waals surface area contributed by atoms with Crippen LogP contribution < -0.4 is 0 Å². The molecular weight excluding hydrogens is 471 g/mol. The molecule has 0 saturated carbocycles. The summed E-state index contributed by atoms with van der Waals surface area (Å²) in [5.41, 5.74) is 6.22. The van der Waals surface area contributed by atoms with Gasteiger partial charge in [-0.2, -0.15) is 11.1 Å². The molecule has 73 valence electrons. The molecule has 0 N–H and O–H groups in total. The molecule has 1 rings (SSSR count). The third-order valence-electron chi connectivity index (χ3n) is 2.48. The number of rotatable bonds is 0. The largest absolute Gasteiger partial charge is 2.00 e. The van der Waals surface area contributed by atoms with E-state index >= 15 is 0 Å². The molecule has 1 radical (unpaired) electrons. The van der Waals surface area contributed by atoms with E-state index in [9.17, 15) is 0 Å². The molecule has 0 nitrogen and oxygen atoms in total. The summed E-state index contributed by atoms with van der Waals surface area (Å²) in [5.74, 6) is 0. The van der Waals surface area contributed by atoms with Gasteiger partial charge in [-0.25, -0.2) is 0 Å². The Labute approximate surface area is 138 Å². The van der Waals surface area contributed by atoms with Crippen molar-refractivity contribution in [2.45, 2.75) is 27.7 Å². The predicted molar refractivity (Wildman–Crippen MR) is 55.1 cm³/mol. The minimum atomic E-state index is 0. The number of aryl methyl sites for hydroxylation is 1. The second-order valence-electron chi connectivity index (χ2n) is 3.10. The Morgan fingerprint density at radius 2 is 1.36 bits per heavy atom. The van der Waals surface area contributed by atoms with Gasteiger partial charge in [0.1, 0.15) is 0 Å². The van der Waals surface area contributed by atoms with Crippen molar-refractivity contribution in [3.63, 3.8) is 0 Å². The zero-order valence-corrected chi connectivity index (χ0v) is 16.8. The van der Waals surface area contributed by atoms with Gasteiger partial charge in [-0.15, -0.1) is 6.92 Å². The summed E-state index contributed by atoms with van der Waals surface area (Å²) in [6, 6.07) is 3.24. The maximum Gasteiger partial charge on any atom is 2.00 e. The first-order valence-corrected chi connectivity index (χ1v) is 3.85. The molecular formula is C12H17UY-. The van der Waals surface area contributed by atoms with Gasteiger partial charge >= 0.3 is 31.1 Å². The van der Waals surface area contributed by atoms with E-state index in [1.165, 1.54) is 22.3 Å². The summed E-state index contributed by atoms with van der Waals surface area (Å²) in [6.45, 7) is 12.4. The summed E-state index contributed by atoms with van der Waals surface area (Å²) in [4.78, 5) is 0. The average molecular weight is 488 g/mol. The van der Waals surface area contributed by atoms with Crippen LogP contribution in [0.3, 0.4) is 0 Å². The van der Waals surface area contributed by atoms with Crippen LogP contribution in [-0.4, -0.2) is 0 Å². The summed E-state index contributed by atoms with van der Waals surface area (Å²) in [6.07, 6.45) is 0. The zero-order valence-electron chi connectivity index (χ0n) is 9.78. The number of benzene rings is 1. The van der Waals surface area contributed by atoms with Crippen molar-refractivity contribution in [3.05, 3.63) is 48.2 Å². The molecule has 0 aromatic heterocycles. The van der Waals surface area contributed by atoms with E-state index in [0.29, 0.717) is 0 Å².